The molecule has 1 aromatic rings. The van der Waals surface area contributed by atoms with Crippen molar-refractivity contribution in [2.45, 2.75) is 6.54 Å². The summed E-state index contributed by atoms with van der Waals surface area (Å²) in [4.78, 5) is 11.7. The summed E-state index contributed by atoms with van der Waals surface area (Å²) in [6.07, 6.45) is 3.16. The van der Waals surface area contributed by atoms with Crippen molar-refractivity contribution in [3.05, 3.63) is 45.3 Å². The maximum Gasteiger partial charge on any atom is 0.283 e. The van der Waals surface area contributed by atoms with Gasteiger partial charge in [0.1, 0.15) is 4.47 Å². The van der Waals surface area contributed by atoms with Crippen LogP contribution in [0.4, 0.5) is 5.69 Å². The van der Waals surface area contributed by atoms with E-state index in [4.69, 9.17) is 11.6 Å². The third kappa shape index (κ3) is 3.21. The Morgan fingerprint density at radius 3 is 3.00 bits per heavy atom. The van der Waals surface area contributed by atoms with Gasteiger partial charge in [-0.15, -0.1) is 6.58 Å². The topological polar surface area (TPSA) is 46.9 Å². The van der Waals surface area contributed by atoms with Crippen LogP contribution in [0.25, 0.3) is 0 Å². The number of allylic oxidation sites excluding steroid dienone is 1. The van der Waals surface area contributed by atoms with Gasteiger partial charge in [-0.1, -0.05) is 24.3 Å². The molecule has 0 aliphatic heterocycles. The van der Waals surface area contributed by atoms with Gasteiger partial charge in [-0.05, 0) is 15.9 Å². The average molecular weight is 305 g/mol. The number of anilines is 1. The summed E-state index contributed by atoms with van der Waals surface area (Å²) in [6, 6.07) is 0. The van der Waals surface area contributed by atoms with Crippen LogP contribution in [0.3, 0.4) is 0 Å². The first-order valence-corrected chi connectivity index (χ1v) is 5.67. The van der Waals surface area contributed by atoms with Crippen LogP contribution >= 0.6 is 27.5 Å². The summed E-state index contributed by atoms with van der Waals surface area (Å²) < 4.78 is 1.72. The highest BCUT2D eigenvalue weighted by Gasteiger charge is 2.07. The van der Waals surface area contributed by atoms with Crippen molar-refractivity contribution in [3.8, 4) is 0 Å². The predicted octanol–water partition coefficient (Wildman–Crippen LogP) is 2.36. The van der Waals surface area contributed by atoms with Crippen LogP contribution in [0, 0.1) is 0 Å². The molecule has 0 aliphatic carbocycles. The maximum atomic E-state index is 11.7. The largest absolute Gasteiger partial charge is 0.378 e. The van der Waals surface area contributed by atoms with Crippen LogP contribution in [-0.4, -0.2) is 16.3 Å². The van der Waals surface area contributed by atoms with E-state index in [-0.39, 0.29) is 5.56 Å². The van der Waals surface area contributed by atoms with Crippen LogP contribution in [0.15, 0.2) is 39.7 Å². The number of nitrogens with one attached hydrogen (secondary N) is 1. The van der Waals surface area contributed by atoms with Crippen LogP contribution in [0.1, 0.15) is 0 Å². The van der Waals surface area contributed by atoms with Gasteiger partial charge in [-0.3, -0.25) is 4.79 Å². The molecule has 0 bridgehead atoms. The third-order valence-corrected chi connectivity index (χ3v) is 2.66. The van der Waals surface area contributed by atoms with Gasteiger partial charge >= 0.3 is 0 Å². The summed E-state index contributed by atoms with van der Waals surface area (Å²) >= 11 is 8.82. The molecule has 0 fully saturated rings. The molecule has 1 N–H and O–H groups in total. The normalized spacial score (nSPS) is 9.88. The highest BCUT2D eigenvalue weighted by Crippen LogP contribution is 2.16. The van der Waals surface area contributed by atoms with Crippen LogP contribution in [0.2, 0.25) is 0 Å². The number of aromatic nitrogens is 2. The fraction of sp³-hybridized carbons (Fsp3) is 0.200. The summed E-state index contributed by atoms with van der Waals surface area (Å²) in [7, 11) is 0. The summed E-state index contributed by atoms with van der Waals surface area (Å²) in [6.45, 7) is 7.85. The molecule has 86 valence electrons. The Hall–Kier alpha value is -1.07. The number of hydrogen-bond acceptors (Lipinski definition) is 3. The van der Waals surface area contributed by atoms with Crippen molar-refractivity contribution in [3.63, 3.8) is 0 Å². The minimum absolute atomic E-state index is 0.218. The van der Waals surface area contributed by atoms with E-state index in [0.29, 0.717) is 28.3 Å². The molecule has 16 heavy (non-hydrogen) atoms. The Kier molecular flexibility index (Phi) is 4.76. The van der Waals surface area contributed by atoms with Crippen molar-refractivity contribution < 1.29 is 0 Å². The van der Waals surface area contributed by atoms with Crippen molar-refractivity contribution in [1.82, 2.24) is 9.78 Å². The molecule has 0 amide bonds. The lowest BCUT2D eigenvalue weighted by atomic mass is 10.4. The van der Waals surface area contributed by atoms with Crippen molar-refractivity contribution in [2.75, 3.05) is 11.9 Å². The van der Waals surface area contributed by atoms with Gasteiger partial charge in [0.25, 0.3) is 5.56 Å². The molecular formula is C10H11BrClN3O. The molecular weight excluding hydrogens is 293 g/mol. The number of rotatable bonds is 5. The van der Waals surface area contributed by atoms with Gasteiger partial charge in [-0.2, -0.15) is 5.10 Å². The lowest BCUT2D eigenvalue weighted by Crippen LogP contribution is -2.24. The molecule has 1 heterocycles. The summed E-state index contributed by atoms with van der Waals surface area (Å²) in [5.74, 6) is 0. The first-order valence-electron chi connectivity index (χ1n) is 4.50. The number of nitrogens with zero attached hydrogens (tertiary/aromatic N) is 2. The fourth-order valence-corrected chi connectivity index (χ4v) is 1.55. The Bertz CT molecular complexity index is 470. The van der Waals surface area contributed by atoms with E-state index < -0.39 is 0 Å². The Balaban J connectivity index is 2.97. The van der Waals surface area contributed by atoms with Gasteiger partial charge in [0.05, 0.1) is 25.0 Å². The average Bonchev–Trinajstić information content (AvgIpc) is 2.24. The Labute approximate surface area is 107 Å². The summed E-state index contributed by atoms with van der Waals surface area (Å²) in [5.41, 5.74) is 0.372. The molecule has 0 atom stereocenters. The van der Waals surface area contributed by atoms with Crippen molar-refractivity contribution >= 4 is 33.2 Å². The van der Waals surface area contributed by atoms with Gasteiger partial charge in [0, 0.05) is 5.03 Å². The molecule has 6 heteroatoms. The third-order valence-electron chi connectivity index (χ3n) is 1.76. The molecule has 1 aromatic heterocycles. The Morgan fingerprint density at radius 1 is 1.75 bits per heavy atom. The predicted molar refractivity (Wildman–Crippen MR) is 69.9 cm³/mol. The van der Waals surface area contributed by atoms with Crippen LogP contribution in [-0.2, 0) is 6.54 Å². The van der Waals surface area contributed by atoms with Gasteiger partial charge in [-0.25, -0.2) is 4.68 Å². The Morgan fingerprint density at radius 2 is 2.44 bits per heavy atom. The standard InChI is InChI=1S/C10H11BrClN3O/c1-3-4-15-10(16)9(11)8(6-14-15)13-5-7(2)12/h3,6,13H,1-2,4-5H2. The molecule has 1 rings (SSSR count). The van der Waals surface area contributed by atoms with Gasteiger partial charge in [0.2, 0.25) is 0 Å². The zero-order valence-corrected chi connectivity index (χ0v) is 10.9. The first-order chi connectivity index (χ1) is 7.56. The second-order valence-corrected chi connectivity index (χ2v) is 4.35. The molecule has 0 aliphatic rings. The maximum absolute atomic E-state index is 11.7. The number of halogens is 2. The first kappa shape index (κ1) is 13.0. The molecule has 4 nitrogen and oxygen atoms in total. The monoisotopic (exact) mass is 303 g/mol. The highest BCUT2D eigenvalue weighted by atomic mass is 79.9. The summed E-state index contributed by atoms with van der Waals surface area (Å²) in [5, 5.41) is 7.38. The SMILES string of the molecule is C=CCn1ncc(NCC(=C)Cl)c(Br)c1=O. The van der Waals surface area contributed by atoms with Crippen molar-refractivity contribution in [2.24, 2.45) is 0 Å². The highest BCUT2D eigenvalue weighted by molar-refractivity contribution is 9.10. The van der Waals surface area contributed by atoms with E-state index in [1.54, 1.807) is 12.3 Å². The van der Waals surface area contributed by atoms with Gasteiger partial charge < -0.3 is 5.32 Å². The molecule has 0 unspecified atom stereocenters. The van der Waals surface area contributed by atoms with E-state index in [1.165, 1.54) is 4.68 Å². The van der Waals surface area contributed by atoms with Crippen LogP contribution < -0.4 is 10.9 Å². The zero-order valence-electron chi connectivity index (χ0n) is 8.54. The molecule has 0 saturated heterocycles. The fourth-order valence-electron chi connectivity index (χ4n) is 1.03. The quantitative estimate of drug-likeness (QED) is 0.850. The lowest BCUT2D eigenvalue weighted by Gasteiger charge is -2.08. The van der Waals surface area contributed by atoms with E-state index in [9.17, 15) is 4.79 Å². The van der Waals surface area contributed by atoms with Crippen LogP contribution in [0.5, 0.6) is 0 Å². The van der Waals surface area contributed by atoms with E-state index in [2.05, 4.69) is 39.5 Å². The molecule has 0 spiro atoms. The smallest absolute Gasteiger partial charge is 0.283 e. The van der Waals surface area contributed by atoms with E-state index >= 15 is 0 Å². The molecule has 0 aromatic carbocycles. The number of hydrogen-bond donors (Lipinski definition) is 1. The minimum atomic E-state index is -0.218. The zero-order chi connectivity index (χ0) is 12.1. The van der Waals surface area contributed by atoms with Gasteiger partial charge in [0.15, 0.2) is 0 Å². The molecule has 0 saturated carbocycles. The van der Waals surface area contributed by atoms with E-state index in [0.717, 1.165) is 0 Å². The van der Waals surface area contributed by atoms with Crippen molar-refractivity contribution in [1.29, 1.82) is 0 Å². The van der Waals surface area contributed by atoms with E-state index in [1.807, 2.05) is 0 Å². The minimum Gasteiger partial charge on any atom is -0.378 e. The second-order valence-electron chi connectivity index (χ2n) is 3.02. The molecule has 0 radical (unpaired) electrons. The lowest BCUT2D eigenvalue weighted by molar-refractivity contribution is 0.649. The second kappa shape index (κ2) is 5.86.